The molecule has 3 heteroatoms. The minimum Gasteiger partial charge on any atom is -0.395 e. The molecule has 0 saturated heterocycles. The summed E-state index contributed by atoms with van der Waals surface area (Å²) in [6, 6.07) is 0. The van der Waals surface area contributed by atoms with Crippen molar-refractivity contribution >= 4 is 11.8 Å². The van der Waals surface area contributed by atoms with Crippen LogP contribution in [0.2, 0.25) is 0 Å². The van der Waals surface area contributed by atoms with Gasteiger partial charge in [0, 0.05) is 6.54 Å². The van der Waals surface area contributed by atoms with Gasteiger partial charge in [-0.1, -0.05) is 13.8 Å². The lowest BCUT2D eigenvalue weighted by Gasteiger charge is -2.19. The summed E-state index contributed by atoms with van der Waals surface area (Å²) in [6.45, 7) is 7.78. The van der Waals surface area contributed by atoms with Gasteiger partial charge in [-0.05, 0) is 37.4 Å². The van der Waals surface area contributed by atoms with Crippen LogP contribution in [0.3, 0.4) is 0 Å². The highest BCUT2D eigenvalue weighted by Crippen LogP contribution is 2.02. The van der Waals surface area contributed by atoms with Gasteiger partial charge in [0.15, 0.2) is 0 Å². The summed E-state index contributed by atoms with van der Waals surface area (Å²) in [5.74, 6) is 2.47. The predicted molar refractivity (Wildman–Crippen MR) is 61.4 cm³/mol. The highest BCUT2D eigenvalue weighted by molar-refractivity contribution is 7.99. The standard InChI is InChI=1S/C10H23NOS/c1-3-6-11(8-9-12)7-5-10-13-4-2/h12H,3-10H2,1-2H3. The van der Waals surface area contributed by atoms with Gasteiger partial charge in [0.25, 0.3) is 0 Å². The fourth-order valence-corrected chi connectivity index (χ4v) is 1.95. The number of nitrogens with zero attached hydrogens (tertiary/aromatic N) is 1. The molecule has 13 heavy (non-hydrogen) atoms. The highest BCUT2D eigenvalue weighted by Gasteiger charge is 2.01. The molecule has 0 aliphatic rings. The lowest BCUT2D eigenvalue weighted by Crippen LogP contribution is -2.29. The number of hydrogen-bond acceptors (Lipinski definition) is 3. The number of rotatable bonds is 9. The monoisotopic (exact) mass is 205 g/mol. The van der Waals surface area contributed by atoms with Gasteiger partial charge in [0.2, 0.25) is 0 Å². The van der Waals surface area contributed by atoms with Crippen LogP contribution in [0.25, 0.3) is 0 Å². The molecule has 0 heterocycles. The van der Waals surface area contributed by atoms with Gasteiger partial charge < -0.3 is 10.0 Å². The van der Waals surface area contributed by atoms with E-state index in [1.165, 1.54) is 24.3 Å². The van der Waals surface area contributed by atoms with Gasteiger partial charge in [-0.2, -0.15) is 11.8 Å². The Balaban J connectivity index is 3.33. The molecule has 0 aromatic carbocycles. The zero-order valence-electron chi connectivity index (χ0n) is 8.96. The Kier molecular flexibility index (Phi) is 10.6. The number of hydrogen-bond donors (Lipinski definition) is 1. The molecule has 0 atom stereocenters. The second-order valence-corrected chi connectivity index (χ2v) is 4.51. The average molecular weight is 205 g/mol. The summed E-state index contributed by atoms with van der Waals surface area (Å²) in [5, 5.41) is 8.82. The van der Waals surface area contributed by atoms with Crippen LogP contribution >= 0.6 is 11.8 Å². The minimum atomic E-state index is 0.293. The first-order valence-electron chi connectivity index (χ1n) is 5.26. The van der Waals surface area contributed by atoms with Crippen molar-refractivity contribution in [2.45, 2.75) is 26.7 Å². The topological polar surface area (TPSA) is 23.5 Å². The molecule has 0 radical (unpaired) electrons. The number of thioether (sulfide) groups is 1. The summed E-state index contributed by atoms with van der Waals surface area (Å²) < 4.78 is 0. The third-order valence-corrected chi connectivity index (χ3v) is 2.91. The third kappa shape index (κ3) is 8.60. The fourth-order valence-electron chi connectivity index (χ4n) is 1.33. The van der Waals surface area contributed by atoms with E-state index in [-0.39, 0.29) is 0 Å². The van der Waals surface area contributed by atoms with Crippen molar-refractivity contribution in [2.75, 3.05) is 37.7 Å². The van der Waals surface area contributed by atoms with Gasteiger partial charge in [0.1, 0.15) is 0 Å². The maximum atomic E-state index is 8.82. The molecule has 1 N–H and O–H groups in total. The second-order valence-electron chi connectivity index (χ2n) is 3.12. The quantitative estimate of drug-likeness (QED) is 0.581. The summed E-state index contributed by atoms with van der Waals surface area (Å²) >= 11 is 2.00. The average Bonchev–Trinajstić information content (AvgIpc) is 2.13. The molecule has 0 aromatic heterocycles. The molecule has 0 aliphatic heterocycles. The lowest BCUT2D eigenvalue weighted by atomic mass is 10.3. The van der Waals surface area contributed by atoms with Crippen LogP contribution in [0.1, 0.15) is 26.7 Å². The highest BCUT2D eigenvalue weighted by atomic mass is 32.2. The Morgan fingerprint density at radius 2 is 1.92 bits per heavy atom. The number of aliphatic hydroxyl groups excluding tert-OH is 1. The molecule has 0 aliphatic carbocycles. The molecule has 2 nitrogen and oxygen atoms in total. The van der Waals surface area contributed by atoms with Crippen LogP contribution in [-0.2, 0) is 0 Å². The Morgan fingerprint density at radius 3 is 2.46 bits per heavy atom. The second kappa shape index (κ2) is 10.4. The lowest BCUT2D eigenvalue weighted by molar-refractivity contribution is 0.196. The van der Waals surface area contributed by atoms with E-state index in [1.54, 1.807) is 0 Å². The molecule has 0 saturated carbocycles. The largest absolute Gasteiger partial charge is 0.395 e. The van der Waals surface area contributed by atoms with Crippen molar-refractivity contribution in [3.05, 3.63) is 0 Å². The normalized spacial score (nSPS) is 11.1. The zero-order valence-corrected chi connectivity index (χ0v) is 9.78. The molecule has 0 amide bonds. The van der Waals surface area contributed by atoms with Crippen molar-refractivity contribution < 1.29 is 5.11 Å². The van der Waals surface area contributed by atoms with Crippen LogP contribution < -0.4 is 0 Å². The van der Waals surface area contributed by atoms with Gasteiger partial charge in [-0.25, -0.2) is 0 Å². The first kappa shape index (κ1) is 13.3. The van der Waals surface area contributed by atoms with Gasteiger partial charge in [-0.15, -0.1) is 0 Å². The molecule has 0 unspecified atom stereocenters. The molecule has 0 spiro atoms. The predicted octanol–water partition coefficient (Wildman–Crippen LogP) is 1.83. The van der Waals surface area contributed by atoms with Crippen LogP contribution in [0, 0.1) is 0 Å². The summed E-state index contributed by atoms with van der Waals surface area (Å²) in [7, 11) is 0. The van der Waals surface area contributed by atoms with E-state index in [9.17, 15) is 0 Å². The zero-order chi connectivity index (χ0) is 9.94. The van der Waals surface area contributed by atoms with Crippen LogP contribution in [0.4, 0.5) is 0 Å². The first-order chi connectivity index (χ1) is 6.35. The van der Waals surface area contributed by atoms with Crippen LogP contribution in [-0.4, -0.2) is 47.8 Å². The van der Waals surface area contributed by atoms with Crippen LogP contribution in [0.15, 0.2) is 0 Å². The summed E-state index contributed by atoms with van der Waals surface area (Å²) in [6.07, 6.45) is 2.43. The van der Waals surface area contributed by atoms with Gasteiger partial charge in [0.05, 0.1) is 6.61 Å². The van der Waals surface area contributed by atoms with E-state index in [0.717, 1.165) is 19.6 Å². The Bertz CT molecular complexity index is 94.9. The van der Waals surface area contributed by atoms with Crippen molar-refractivity contribution in [3.63, 3.8) is 0 Å². The van der Waals surface area contributed by atoms with E-state index >= 15 is 0 Å². The van der Waals surface area contributed by atoms with Crippen molar-refractivity contribution in [1.82, 2.24) is 4.90 Å². The molecule has 0 fully saturated rings. The van der Waals surface area contributed by atoms with E-state index < -0.39 is 0 Å². The summed E-state index contributed by atoms with van der Waals surface area (Å²) in [4.78, 5) is 2.34. The first-order valence-corrected chi connectivity index (χ1v) is 6.41. The van der Waals surface area contributed by atoms with E-state index in [0.29, 0.717) is 6.61 Å². The van der Waals surface area contributed by atoms with Crippen LogP contribution in [0.5, 0.6) is 0 Å². The van der Waals surface area contributed by atoms with Gasteiger partial charge in [-0.3, -0.25) is 0 Å². The molecule has 0 rings (SSSR count). The molecular weight excluding hydrogens is 182 g/mol. The van der Waals surface area contributed by atoms with Crippen molar-refractivity contribution in [2.24, 2.45) is 0 Å². The van der Waals surface area contributed by atoms with E-state index in [4.69, 9.17) is 5.11 Å². The SMILES string of the molecule is CCCN(CCO)CCCSCC. The smallest absolute Gasteiger partial charge is 0.0558 e. The molecule has 0 aromatic rings. The van der Waals surface area contributed by atoms with E-state index in [1.807, 2.05) is 11.8 Å². The third-order valence-electron chi connectivity index (χ3n) is 1.92. The Labute approximate surface area is 86.7 Å². The molecule has 80 valence electrons. The molecular formula is C10H23NOS. The Morgan fingerprint density at radius 1 is 1.15 bits per heavy atom. The minimum absolute atomic E-state index is 0.293. The maximum Gasteiger partial charge on any atom is 0.0558 e. The van der Waals surface area contributed by atoms with Gasteiger partial charge >= 0.3 is 0 Å². The summed E-state index contributed by atoms with van der Waals surface area (Å²) in [5.41, 5.74) is 0. The number of aliphatic hydroxyl groups is 1. The fraction of sp³-hybridized carbons (Fsp3) is 1.00. The Hall–Kier alpha value is 0.270. The van der Waals surface area contributed by atoms with Crippen molar-refractivity contribution in [3.8, 4) is 0 Å². The van der Waals surface area contributed by atoms with E-state index in [2.05, 4.69) is 18.7 Å². The van der Waals surface area contributed by atoms with Crippen molar-refractivity contribution in [1.29, 1.82) is 0 Å². The molecule has 0 bridgehead atoms. The maximum absolute atomic E-state index is 8.82.